The summed E-state index contributed by atoms with van der Waals surface area (Å²) in [6.07, 6.45) is 7.95. The Kier molecular flexibility index (Phi) is 4.52. The van der Waals surface area contributed by atoms with E-state index in [2.05, 4.69) is 15.4 Å². The standard InChI is InChI=1S/C13H22N4O2/c1-11(8-17-10-14-9-15-17)16-12(18)7-13(19)5-3-2-4-6-13/h9-11,19H,2-8H2,1H3,(H,16,18). The molecule has 1 saturated carbocycles. The first-order chi connectivity index (χ1) is 9.07. The van der Waals surface area contributed by atoms with Crippen LogP contribution >= 0.6 is 0 Å². The number of aromatic nitrogens is 3. The molecule has 2 rings (SSSR count). The number of amides is 1. The molecule has 1 atom stereocenters. The van der Waals surface area contributed by atoms with Crippen LogP contribution in [0.5, 0.6) is 0 Å². The minimum Gasteiger partial charge on any atom is -0.389 e. The summed E-state index contributed by atoms with van der Waals surface area (Å²) in [7, 11) is 0. The molecule has 2 N–H and O–H groups in total. The third-order valence-corrected chi connectivity index (χ3v) is 3.61. The average molecular weight is 266 g/mol. The van der Waals surface area contributed by atoms with Crippen molar-refractivity contribution in [3.63, 3.8) is 0 Å². The van der Waals surface area contributed by atoms with E-state index in [0.29, 0.717) is 6.54 Å². The Morgan fingerprint density at radius 3 is 2.84 bits per heavy atom. The van der Waals surface area contributed by atoms with Gasteiger partial charge < -0.3 is 10.4 Å². The number of carbonyl (C=O) groups excluding carboxylic acids is 1. The van der Waals surface area contributed by atoms with Gasteiger partial charge in [-0.05, 0) is 19.8 Å². The van der Waals surface area contributed by atoms with Crippen molar-refractivity contribution in [2.24, 2.45) is 0 Å². The first kappa shape index (κ1) is 14.0. The highest BCUT2D eigenvalue weighted by Crippen LogP contribution is 2.30. The van der Waals surface area contributed by atoms with E-state index in [0.717, 1.165) is 32.1 Å². The number of nitrogens with zero attached hydrogens (tertiary/aromatic N) is 3. The largest absolute Gasteiger partial charge is 0.389 e. The molecule has 0 aliphatic heterocycles. The van der Waals surface area contributed by atoms with Gasteiger partial charge in [0.1, 0.15) is 12.7 Å². The van der Waals surface area contributed by atoms with E-state index in [1.165, 1.54) is 6.33 Å². The van der Waals surface area contributed by atoms with E-state index < -0.39 is 5.60 Å². The molecule has 0 spiro atoms. The number of nitrogens with one attached hydrogen (secondary N) is 1. The van der Waals surface area contributed by atoms with Crippen molar-refractivity contribution in [1.29, 1.82) is 0 Å². The van der Waals surface area contributed by atoms with Gasteiger partial charge in [-0.2, -0.15) is 5.10 Å². The second-order valence-corrected chi connectivity index (χ2v) is 5.55. The molecule has 6 heteroatoms. The van der Waals surface area contributed by atoms with Crippen molar-refractivity contribution in [2.75, 3.05) is 0 Å². The van der Waals surface area contributed by atoms with Crippen LogP contribution in [0.1, 0.15) is 45.4 Å². The zero-order chi connectivity index (χ0) is 13.7. The van der Waals surface area contributed by atoms with Gasteiger partial charge in [-0.1, -0.05) is 19.3 Å². The van der Waals surface area contributed by atoms with Gasteiger partial charge in [-0.15, -0.1) is 0 Å². The first-order valence-electron chi connectivity index (χ1n) is 6.92. The minimum absolute atomic E-state index is 0.0265. The van der Waals surface area contributed by atoms with Crippen LogP contribution in [-0.2, 0) is 11.3 Å². The quantitative estimate of drug-likeness (QED) is 0.828. The summed E-state index contributed by atoms with van der Waals surface area (Å²) in [4.78, 5) is 15.8. The Hall–Kier alpha value is -1.43. The van der Waals surface area contributed by atoms with Gasteiger partial charge in [0.05, 0.1) is 18.6 Å². The molecule has 1 amide bonds. The Labute approximate surface area is 113 Å². The maximum Gasteiger partial charge on any atom is 0.223 e. The van der Waals surface area contributed by atoms with Crippen molar-refractivity contribution in [1.82, 2.24) is 20.1 Å². The molecule has 1 unspecified atom stereocenters. The van der Waals surface area contributed by atoms with Gasteiger partial charge in [0.2, 0.25) is 5.91 Å². The molecule has 6 nitrogen and oxygen atoms in total. The maximum absolute atomic E-state index is 11.9. The summed E-state index contributed by atoms with van der Waals surface area (Å²) in [5, 5.41) is 17.2. The normalized spacial score (nSPS) is 19.9. The van der Waals surface area contributed by atoms with Gasteiger partial charge in [-0.25, -0.2) is 4.98 Å². The number of aliphatic hydroxyl groups is 1. The fourth-order valence-electron chi connectivity index (χ4n) is 2.66. The predicted molar refractivity (Wildman–Crippen MR) is 70.3 cm³/mol. The molecule has 1 fully saturated rings. The summed E-state index contributed by atoms with van der Waals surface area (Å²) in [5.74, 6) is -0.0861. The molecule has 0 bridgehead atoms. The van der Waals surface area contributed by atoms with E-state index in [1.807, 2.05) is 6.92 Å². The molecular weight excluding hydrogens is 244 g/mol. The summed E-state index contributed by atoms with van der Waals surface area (Å²) in [6, 6.07) is -0.0265. The van der Waals surface area contributed by atoms with Crippen LogP contribution < -0.4 is 5.32 Å². The maximum atomic E-state index is 11.9. The molecule has 1 aliphatic carbocycles. The van der Waals surface area contributed by atoms with Crippen LogP contribution in [0.3, 0.4) is 0 Å². The molecule has 1 aromatic heterocycles. The van der Waals surface area contributed by atoms with Crippen LogP contribution in [0, 0.1) is 0 Å². The molecule has 106 valence electrons. The van der Waals surface area contributed by atoms with Crippen molar-refractivity contribution >= 4 is 5.91 Å². The second kappa shape index (κ2) is 6.14. The van der Waals surface area contributed by atoms with Gasteiger partial charge in [0, 0.05) is 6.04 Å². The summed E-state index contributed by atoms with van der Waals surface area (Å²) < 4.78 is 1.68. The molecule has 0 saturated heterocycles. The van der Waals surface area contributed by atoms with Gasteiger partial charge in [0.15, 0.2) is 0 Å². The molecule has 0 radical (unpaired) electrons. The van der Waals surface area contributed by atoms with Crippen LogP contribution in [0.4, 0.5) is 0 Å². The zero-order valence-corrected chi connectivity index (χ0v) is 11.4. The van der Waals surface area contributed by atoms with E-state index in [1.54, 1.807) is 11.0 Å². The Morgan fingerprint density at radius 1 is 1.47 bits per heavy atom. The lowest BCUT2D eigenvalue weighted by Crippen LogP contribution is -2.42. The molecule has 19 heavy (non-hydrogen) atoms. The fraction of sp³-hybridized carbons (Fsp3) is 0.769. The van der Waals surface area contributed by atoms with Crippen molar-refractivity contribution in [2.45, 2.75) is 63.6 Å². The number of rotatable bonds is 5. The van der Waals surface area contributed by atoms with Crippen molar-refractivity contribution < 1.29 is 9.90 Å². The van der Waals surface area contributed by atoms with E-state index in [4.69, 9.17) is 0 Å². The van der Waals surface area contributed by atoms with Crippen molar-refractivity contribution in [3.05, 3.63) is 12.7 Å². The highest BCUT2D eigenvalue weighted by molar-refractivity contribution is 5.77. The highest BCUT2D eigenvalue weighted by atomic mass is 16.3. The second-order valence-electron chi connectivity index (χ2n) is 5.55. The number of hydrogen-bond donors (Lipinski definition) is 2. The molecule has 1 aromatic rings. The third-order valence-electron chi connectivity index (χ3n) is 3.61. The third kappa shape index (κ3) is 4.31. The molecule has 0 aromatic carbocycles. The van der Waals surface area contributed by atoms with Gasteiger partial charge in [0.25, 0.3) is 0 Å². The molecule has 1 aliphatic rings. The topological polar surface area (TPSA) is 80.0 Å². The van der Waals surface area contributed by atoms with Gasteiger partial charge in [-0.3, -0.25) is 9.48 Å². The smallest absolute Gasteiger partial charge is 0.223 e. The fourth-order valence-corrected chi connectivity index (χ4v) is 2.66. The lowest BCUT2D eigenvalue weighted by atomic mass is 9.82. The Morgan fingerprint density at radius 2 is 2.21 bits per heavy atom. The van der Waals surface area contributed by atoms with Crippen molar-refractivity contribution in [3.8, 4) is 0 Å². The zero-order valence-electron chi connectivity index (χ0n) is 11.4. The minimum atomic E-state index is -0.796. The predicted octanol–water partition coefficient (Wildman–Crippen LogP) is 0.868. The van der Waals surface area contributed by atoms with E-state index in [-0.39, 0.29) is 18.4 Å². The van der Waals surface area contributed by atoms with E-state index in [9.17, 15) is 9.90 Å². The Balaban J connectivity index is 1.77. The lowest BCUT2D eigenvalue weighted by Gasteiger charge is -2.31. The number of hydrogen-bond acceptors (Lipinski definition) is 4. The lowest BCUT2D eigenvalue weighted by molar-refractivity contribution is -0.128. The summed E-state index contributed by atoms with van der Waals surface area (Å²) in [5.41, 5.74) is -0.796. The SMILES string of the molecule is CC(Cn1cncn1)NC(=O)CC1(O)CCCCC1. The van der Waals surface area contributed by atoms with Crippen LogP contribution in [-0.4, -0.2) is 37.4 Å². The average Bonchev–Trinajstić information content (AvgIpc) is 2.81. The molecule has 1 heterocycles. The van der Waals surface area contributed by atoms with Gasteiger partial charge >= 0.3 is 0 Å². The monoisotopic (exact) mass is 266 g/mol. The highest BCUT2D eigenvalue weighted by Gasteiger charge is 2.31. The van der Waals surface area contributed by atoms with E-state index >= 15 is 0 Å². The van der Waals surface area contributed by atoms with Crippen LogP contribution in [0.15, 0.2) is 12.7 Å². The number of carbonyl (C=O) groups is 1. The molecular formula is C13H22N4O2. The first-order valence-corrected chi connectivity index (χ1v) is 6.92. The van der Waals surface area contributed by atoms with Crippen LogP contribution in [0.25, 0.3) is 0 Å². The Bertz CT molecular complexity index is 399. The summed E-state index contributed by atoms with van der Waals surface area (Å²) in [6.45, 7) is 2.51. The van der Waals surface area contributed by atoms with Crippen LogP contribution in [0.2, 0.25) is 0 Å². The summed E-state index contributed by atoms with van der Waals surface area (Å²) >= 11 is 0.